The summed E-state index contributed by atoms with van der Waals surface area (Å²) in [5.74, 6) is 0.586. The van der Waals surface area contributed by atoms with Crippen molar-refractivity contribution < 1.29 is 9.59 Å². The molecule has 1 rings (SSSR count). The highest BCUT2D eigenvalue weighted by Crippen LogP contribution is 2.14. The van der Waals surface area contributed by atoms with E-state index in [1.165, 1.54) is 38.5 Å². The van der Waals surface area contributed by atoms with Crippen LogP contribution in [-0.4, -0.2) is 47.8 Å². The van der Waals surface area contributed by atoms with Gasteiger partial charge in [-0.15, -0.1) is 0 Å². The topological polar surface area (TPSA) is 40.6 Å². The highest BCUT2D eigenvalue weighted by atomic mass is 16.2. The number of nitrogens with zero attached hydrogens (tertiary/aromatic N) is 2. The lowest BCUT2D eigenvalue weighted by molar-refractivity contribution is -0.141. The van der Waals surface area contributed by atoms with Gasteiger partial charge >= 0.3 is 0 Å². The summed E-state index contributed by atoms with van der Waals surface area (Å²) in [6, 6.07) is 0. The van der Waals surface area contributed by atoms with Crippen molar-refractivity contribution in [2.24, 2.45) is 5.92 Å². The van der Waals surface area contributed by atoms with Crippen LogP contribution in [0.4, 0.5) is 0 Å². The van der Waals surface area contributed by atoms with E-state index < -0.39 is 0 Å². The Kier molecular flexibility index (Phi) is 37.4. The van der Waals surface area contributed by atoms with Gasteiger partial charge in [0.15, 0.2) is 0 Å². The lowest BCUT2D eigenvalue weighted by Crippen LogP contribution is -2.51. The van der Waals surface area contributed by atoms with E-state index in [2.05, 4.69) is 20.8 Å². The molecular formula is C27H60N2O2. The zero-order valence-corrected chi connectivity index (χ0v) is 23.5. The molecule has 0 saturated carbocycles. The van der Waals surface area contributed by atoms with Crippen molar-refractivity contribution in [1.82, 2.24) is 9.80 Å². The van der Waals surface area contributed by atoms with Crippen LogP contribution in [0.15, 0.2) is 0 Å². The molecule has 0 aromatic heterocycles. The van der Waals surface area contributed by atoms with Crippen molar-refractivity contribution >= 4 is 11.8 Å². The fraction of sp³-hybridized carbons (Fsp3) is 0.926. The molecule has 0 spiro atoms. The third-order valence-electron chi connectivity index (χ3n) is 4.87. The summed E-state index contributed by atoms with van der Waals surface area (Å²) < 4.78 is 0. The summed E-state index contributed by atoms with van der Waals surface area (Å²) in [5, 5.41) is 0. The van der Waals surface area contributed by atoms with Gasteiger partial charge in [-0.05, 0) is 6.42 Å². The minimum Gasteiger partial charge on any atom is -0.339 e. The van der Waals surface area contributed by atoms with Gasteiger partial charge in [0.1, 0.15) is 0 Å². The van der Waals surface area contributed by atoms with Crippen molar-refractivity contribution in [3.8, 4) is 0 Å². The van der Waals surface area contributed by atoms with Crippen molar-refractivity contribution in [3.05, 3.63) is 0 Å². The monoisotopic (exact) mass is 444 g/mol. The van der Waals surface area contributed by atoms with E-state index in [0.717, 1.165) is 12.8 Å². The van der Waals surface area contributed by atoms with Gasteiger partial charge in [-0.25, -0.2) is 0 Å². The zero-order chi connectivity index (χ0) is 25.1. The second kappa shape index (κ2) is 31.1. The van der Waals surface area contributed by atoms with Gasteiger partial charge in [-0.3, -0.25) is 9.59 Å². The van der Waals surface area contributed by atoms with Crippen LogP contribution >= 0.6 is 0 Å². The number of hydrogen-bond acceptors (Lipinski definition) is 2. The van der Waals surface area contributed by atoms with E-state index in [4.69, 9.17) is 0 Å². The molecule has 1 saturated heterocycles. The standard InChI is InChI=1S/C15H28N2O2.C6H14.3C2H6/c1-4-6-7-8-13(3)15(19)17-11-9-16(10-12-17)14(18)5-2;1-3-5-6-4-2;3*1-2/h13H,4-12H2,1-3H3;3-6H2,1-2H3;3*1-2H3. The van der Waals surface area contributed by atoms with E-state index in [-0.39, 0.29) is 17.7 Å². The first-order chi connectivity index (χ1) is 15.0. The molecule has 190 valence electrons. The van der Waals surface area contributed by atoms with Gasteiger partial charge in [0, 0.05) is 38.5 Å². The number of rotatable bonds is 9. The molecule has 1 atom stereocenters. The van der Waals surface area contributed by atoms with Crippen LogP contribution in [0.5, 0.6) is 0 Å². The van der Waals surface area contributed by atoms with Crippen molar-refractivity contribution in [2.75, 3.05) is 26.2 Å². The second-order valence-electron chi connectivity index (χ2n) is 7.16. The molecule has 0 N–H and O–H groups in total. The third-order valence-corrected chi connectivity index (χ3v) is 4.87. The Morgan fingerprint density at radius 1 is 0.645 bits per heavy atom. The van der Waals surface area contributed by atoms with Gasteiger partial charge < -0.3 is 9.80 Å². The van der Waals surface area contributed by atoms with Crippen LogP contribution in [0, 0.1) is 5.92 Å². The summed E-state index contributed by atoms with van der Waals surface area (Å²) in [7, 11) is 0. The average Bonchev–Trinajstić information content (AvgIpc) is 2.86. The quantitative estimate of drug-likeness (QED) is 0.338. The number of piperazine rings is 1. The van der Waals surface area contributed by atoms with Crippen molar-refractivity contribution in [2.45, 2.75) is 134 Å². The predicted octanol–water partition coefficient (Wildman–Crippen LogP) is 7.95. The van der Waals surface area contributed by atoms with Crippen molar-refractivity contribution in [3.63, 3.8) is 0 Å². The average molecular weight is 445 g/mol. The molecule has 4 nitrogen and oxygen atoms in total. The molecule has 1 unspecified atom stereocenters. The number of carbonyl (C=O) groups is 2. The van der Waals surface area contributed by atoms with E-state index in [0.29, 0.717) is 32.6 Å². The molecule has 1 fully saturated rings. The molecule has 0 bridgehead atoms. The Hall–Kier alpha value is -1.06. The van der Waals surface area contributed by atoms with Crippen LogP contribution in [0.25, 0.3) is 0 Å². The zero-order valence-electron chi connectivity index (χ0n) is 23.5. The van der Waals surface area contributed by atoms with Gasteiger partial charge in [0.25, 0.3) is 0 Å². The van der Waals surface area contributed by atoms with E-state index in [1.54, 1.807) is 0 Å². The van der Waals surface area contributed by atoms with E-state index in [1.807, 2.05) is 65.2 Å². The lowest BCUT2D eigenvalue weighted by Gasteiger charge is -2.36. The molecule has 0 aromatic carbocycles. The summed E-state index contributed by atoms with van der Waals surface area (Å²) in [6.07, 6.45) is 10.6. The maximum Gasteiger partial charge on any atom is 0.225 e. The second-order valence-corrected chi connectivity index (χ2v) is 7.16. The molecular weight excluding hydrogens is 384 g/mol. The lowest BCUT2D eigenvalue weighted by atomic mass is 10.0. The fourth-order valence-corrected chi connectivity index (χ4v) is 3.04. The van der Waals surface area contributed by atoms with Gasteiger partial charge in [-0.2, -0.15) is 0 Å². The fourth-order valence-electron chi connectivity index (χ4n) is 3.04. The number of carbonyl (C=O) groups excluding carboxylic acids is 2. The van der Waals surface area contributed by atoms with Crippen LogP contribution in [0.3, 0.4) is 0 Å². The molecule has 31 heavy (non-hydrogen) atoms. The summed E-state index contributed by atoms with van der Waals surface area (Å²) >= 11 is 0. The van der Waals surface area contributed by atoms with Gasteiger partial charge in [-0.1, -0.05) is 121 Å². The predicted molar refractivity (Wildman–Crippen MR) is 141 cm³/mol. The Labute approximate surface area is 197 Å². The largest absolute Gasteiger partial charge is 0.339 e. The minimum absolute atomic E-state index is 0.125. The van der Waals surface area contributed by atoms with Crippen molar-refractivity contribution in [1.29, 1.82) is 0 Å². The molecule has 1 aliphatic heterocycles. The molecule has 0 radical (unpaired) electrons. The smallest absolute Gasteiger partial charge is 0.225 e. The third kappa shape index (κ3) is 21.9. The molecule has 2 amide bonds. The minimum atomic E-state index is 0.125. The van der Waals surface area contributed by atoms with E-state index in [9.17, 15) is 9.59 Å². The first-order valence-corrected chi connectivity index (χ1v) is 13.6. The highest BCUT2D eigenvalue weighted by Gasteiger charge is 2.25. The Morgan fingerprint density at radius 3 is 1.35 bits per heavy atom. The Bertz CT molecular complexity index is 347. The Morgan fingerprint density at radius 2 is 1.00 bits per heavy atom. The summed E-state index contributed by atoms with van der Waals surface area (Å²) in [5.41, 5.74) is 0. The first-order valence-electron chi connectivity index (χ1n) is 13.6. The SMILES string of the molecule is CC.CC.CC.CCCCCC.CCCCCC(C)C(=O)N1CCN(C(=O)CC)CC1. The highest BCUT2D eigenvalue weighted by molar-refractivity contribution is 5.79. The number of unbranched alkanes of at least 4 members (excludes halogenated alkanes) is 5. The van der Waals surface area contributed by atoms with Crippen LogP contribution in [-0.2, 0) is 9.59 Å². The van der Waals surface area contributed by atoms with Crippen LogP contribution in [0.2, 0.25) is 0 Å². The first kappa shape index (κ1) is 37.3. The Balaban J connectivity index is -0.000000255. The van der Waals surface area contributed by atoms with Crippen LogP contribution in [0.1, 0.15) is 134 Å². The van der Waals surface area contributed by atoms with E-state index >= 15 is 0 Å². The molecule has 0 aromatic rings. The van der Waals surface area contributed by atoms with Gasteiger partial charge in [0.2, 0.25) is 11.8 Å². The summed E-state index contributed by atoms with van der Waals surface area (Å²) in [4.78, 5) is 27.6. The van der Waals surface area contributed by atoms with Gasteiger partial charge in [0.05, 0.1) is 0 Å². The normalized spacial score (nSPS) is 13.0. The summed E-state index contributed by atoms with van der Waals surface area (Å²) in [6.45, 7) is 25.3. The molecule has 1 aliphatic rings. The molecule has 1 heterocycles. The molecule has 0 aliphatic carbocycles. The maximum atomic E-state index is 12.3. The van der Waals surface area contributed by atoms with Crippen LogP contribution < -0.4 is 0 Å². The number of amides is 2. The molecule has 4 heteroatoms. The maximum absolute atomic E-state index is 12.3. The number of hydrogen-bond donors (Lipinski definition) is 0.